The number of ether oxygens (including phenoxy) is 1. The SMILES string of the molecule is C[C@@H]1COCCN1c1cc(C(C#N)CC2CC2)c2ccnc(-c3ccn[nH]3)c2n1. The van der Waals surface area contributed by atoms with E-state index in [0.717, 1.165) is 46.6 Å². The molecule has 0 radical (unpaired) electrons. The monoisotopic (exact) mass is 388 g/mol. The maximum Gasteiger partial charge on any atom is 0.130 e. The average Bonchev–Trinajstić information content (AvgIpc) is 3.41. The number of hydrogen-bond acceptors (Lipinski definition) is 6. The number of nitriles is 1. The second-order valence-corrected chi connectivity index (χ2v) is 8.07. The van der Waals surface area contributed by atoms with E-state index in [2.05, 4.69) is 39.1 Å². The van der Waals surface area contributed by atoms with Crippen LogP contribution >= 0.6 is 0 Å². The van der Waals surface area contributed by atoms with Crippen LogP contribution < -0.4 is 4.90 Å². The lowest BCUT2D eigenvalue weighted by Gasteiger charge is -2.35. The fourth-order valence-electron chi connectivity index (χ4n) is 4.19. The minimum absolute atomic E-state index is 0.139. The molecule has 2 fully saturated rings. The van der Waals surface area contributed by atoms with Crippen LogP contribution in [0.5, 0.6) is 0 Å². The summed E-state index contributed by atoms with van der Waals surface area (Å²) in [5.41, 5.74) is 3.48. The van der Waals surface area contributed by atoms with E-state index in [1.54, 1.807) is 12.4 Å². The first-order valence-corrected chi connectivity index (χ1v) is 10.3. The van der Waals surface area contributed by atoms with Gasteiger partial charge in [0.15, 0.2) is 0 Å². The second kappa shape index (κ2) is 7.45. The molecule has 7 heteroatoms. The predicted octanol–water partition coefficient (Wildman–Crippen LogP) is 3.65. The van der Waals surface area contributed by atoms with Crippen LogP contribution in [-0.2, 0) is 4.74 Å². The lowest BCUT2D eigenvalue weighted by molar-refractivity contribution is 0.0985. The summed E-state index contributed by atoms with van der Waals surface area (Å²) in [6.07, 6.45) is 6.89. The van der Waals surface area contributed by atoms with E-state index in [1.165, 1.54) is 12.8 Å². The number of hydrogen-bond donors (Lipinski definition) is 1. The van der Waals surface area contributed by atoms with Crippen LogP contribution in [0.3, 0.4) is 0 Å². The molecule has 148 valence electrons. The third kappa shape index (κ3) is 3.45. The van der Waals surface area contributed by atoms with E-state index < -0.39 is 0 Å². The Hall–Kier alpha value is -2.98. The standard InChI is InChI=1S/C22H24N6O/c1-14-13-29-9-8-28(14)20-11-18(16(12-23)10-15-2-3-15)17-4-6-24-22(21(17)26-20)19-5-7-25-27-19/h4-7,11,14-16H,2-3,8-10,13H2,1H3,(H,25,27)/t14-,16?/m1/s1. The molecule has 1 saturated carbocycles. The molecule has 3 aromatic heterocycles. The van der Waals surface area contributed by atoms with Gasteiger partial charge in [0, 0.05) is 24.3 Å². The van der Waals surface area contributed by atoms with Gasteiger partial charge >= 0.3 is 0 Å². The minimum Gasteiger partial charge on any atom is -0.377 e. The van der Waals surface area contributed by atoms with Gasteiger partial charge in [-0.05, 0) is 43.0 Å². The van der Waals surface area contributed by atoms with Crippen molar-refractivity contribution in [3.63, 3.8) is 0 Å². The number of aromatic nitrogens is 4. The molecule has 0 aromatic carbocycles. The molecular weight excluding hydrogens is 364 g/mol. The lowest BCUT2D eigenvalue weighted by Crippen LogP contribution is -2.44. The first-order valence-electron chi connectivity index (χ1n) is 10.3. The van der Waals surface area contributed by atoms with Crippen LogP contribution in [0, 0.1) is 17.2 Å². The maximum absolute atomic E-state index is 9.99. The van der Waals surface area contributed by atoms with E-state index in [-0.39, 0.29) is 12.0 Å². The summed E-state index contributed by atoms with van der Waals surface area (Å²) >= 11 is 0. The molecule has 1 unspecified atom stereocenters. The van der Waals surface area contributed by atoms with Crippen LogP contribution in [0.1, 0.15) is 37.7 Å². The molecule has 29 heavy (non-hydrogen) atoms. The second-order valence-electron chi connectivity index (χ2n) is 8.07. The molecule has 1 N–H and O–H groups in total. The number of H-pyrrole nitrogens is 1. The number of morpholine rings is 1. The van der Waals surface area contributed by atoms with Crippen molar-refractivity contribution in [1.82, 2.24) is 20.2 Å². The van der Waals surface area contributed by atoms with Crippen LogP contribution in [0.4, 0.5) is 5.82 Å². The molecule has 4 heterocycles. The molecule has 0 bridgehead atoms. The van der Waals surface area contributed by atoms with Gasteiger partial charge in [0.1, 0.15) is 17.0 Å². The Bertz CT molecular complexity index is 1050. The number of fused-ring (bicyclic) bond motifs is 1. The number of anilines is 1. The molecule has 7 nitrogen and oxygen atoms in total. The van der Waals surface area contributed by atoms with Gasteiger partial charge in [-0.25, -0.2) is 4.98 Å². The summed E-state index contributed by atoms with van der Waals surface area (Å²) < 4.78 is 5.62. The van der Waals surface area contributed by atoms with Crippen molar-refractivity contribution in [2.24, 2.45) is 5.92 Å². The average molecular weight is 388 g/mol. The van der Waals surface area contributed by atoms with Gasteiger partial charge < -0.3 is 9.64 Å². The normalized spacial score (nSPS) is 20.6. The van der Waals surface area contributed by atoms with Crippen LogP contribution in [0.25, 0.3) is 22.3 Å². The van der Waals surface area contributed by atoms with Gasteiger partial charge in [-0.15, -0.1) is 0 Å². The Balaban J connectivity index is 1.70. The number of rotatable bonds is 5. The van der Waals surface area contributed by atoms with E-state index in [1.807, 2.05) is 12.1 Å². The molecule has 0 spiro atoms. The molecular formula is C22H24N6O. The van der Waals surface area contributed by atoms with Gasteiger partial charge in [0.2, 0.25) is 0 Å². The van der Waals surface area contributed by atoms with Gasteiger partial charge in [-0.3, -0.25) is 10.1 Å². The molecule has 2 atom stereocenters. The van der Waals surface area contributed by atoms with Gasteiger partial charge in [0.25, 0.3) is 0 Å². The highest BCUT2D eigenvalue weighted by molar-refractivity contribution is 5.94. The Kier molecular flexibility index (Phi) is 4.64. The van der Waals surface area contributed by atoms with Crippen LogP contribution in [0.15, 0.2) is 30.6 Å². The number of nitrogens with one attached hydrogen (secondary N) is 1. The maximum atomic E-state index is 9.99. The fourth-order valence-corrected chi connectivity index (χ4v) is 4.19. The van der Waals surface area contributed by atoms with Crippen molar-refractivity contribution in [2.75, 3.05) is 24.7 Å². The summed E-state index contributed by atoms with van der Waals surface area (Å²) in [6.45, 7) is 4.30. The summed E-state index contributed by atoms with van der Waals surface area (Å²) in [5.74, 6) is 1.43. The largest absolute Gasteiger partial charge is 0.377 e. The highest BCUT2D eigenvalue weighted by Crippen LogP contribution is 2.41. The van der Waals surface area contributed by atoms with Crippen molar-refractivity contribution in [3.8, 4) is 17.5 Å². The van der Waals surface area contributed by atoms with E-state index >= 15 is 0 Å². The molecule has 1 saturated heterocycles. The summed E-state index contributed by atoms with van der Waals surface area (Å²) in [5, 5.41) is 18.1. The Labute approximate surface area is 169 Å². The first kappa shape index (κ1) is 18.1. The van der Waals surface area contributed by atoms with E-state index in [9.17, 15) is 5.26 Å². The predicted molar refractivity (Wildman–Crippen MR) is 110 cm³/mol. The smallest absolute Gasteiger partial charge is 0.130 e. The van der Waals surface area contributed by atoms with Crippen molar-refractivity contribution < 1.29 is 4.74 Å². The van der Waals surface area contributed by atoms with Crippen molar-refractivity contribution in [1.29, 1.82) is 5.26 Å². The van der Waals surface area contributed by atoms with Crippen molar-refractivity contribution in [2.45, 2.75) is 38.1 Å². The summed E-state index contributed by atoms with van der Waals surface area (Å²) in [6, 6.07) is 8.81. The molecule has 1 aliphatic carbocycles. The van der Waals surface area contributed by atoms with Gasteiger partial charge in [-0.2, -0.15) is 10.4 Å². The lowest BCUT2D eigenvalue weighted by atomic mass is 9.91. The quantitative estimate of drug-likeness (QED) is 0.717. The zero-order valence-electron chi connectivity index (χ0n) is 16.5. The molecule has 3 aromatic rings. The summed E-state index contributed by atoms with van der Waals surface area (Å²) in [4.78, 5) is 11.9. The molecule has 2 aliphatic rings. The highest BCUT2D eigenvalue weighted by Gasteiger charge is 2.29. The third-order valence-electron chi connectivity index (χ3n) is 5.96. The van der Waals surface area contributed by atoms with E-state index in [0.29, 0.717) is 19.1 Å². The van der Waals surface area contributed by atoms with Gasteiger partial charge in [0.05, 0.1) is 36.9 Å². The minimum atomic E-state index is -0.139. The molecule has 5 rings (SSSR count). The zero-order chi connectivity index (χ0) is 19.8. The topological polar surface area (TPSA) is 90.7 Å². The Morgan fingerprint density at radius 2 is 2.24 bits per heavy atom. The van der Waals surface area contributed by atoms with Gasteiger partial charge in [-0.1, -0.05) is 12.8 Å². The van der Waals surface area contributed by atoms with E-state index in [4.69, 9.17) is 9.72 Å². The van der Waals surface area contributed by atoms with Crippen LogP contribution in [0.2, 0.25) is 0 Å². The van der Waals surface area contributed by atoms with Crippen LogP contribution in [-0.4, -0.2) is 46.0 Å². The Morgan fingerprint density at radius 3 is 2.97 bits per heavy atom. The summed E-state index contributed by atoms with van der Waals surface area (Å²) in [7, 11) is 0. The van der Waals surface area contributed by atoms with Crippen molar-refractivity contribution in [3.05, 3.63) is 36.2 Å². The number of aromatic amines is 1. The zero-order valence-corrected chi connectivity index (χ0v) is 16.5. The van der Waals surface area contributed by atoms with Crippen molar-refractivity contribution >= 4 is 16.7 Å². The number of nitrogens with zero attached hydrogens (tertiary/aromatic N) is 5. The highest BCUT2D eigenvalue weighted by atomic mass is 16.5. The fraction of sp³-hybridized carbons (Fsp3) is 0.455. The number of pyridine rings is 2. The molecule has 1 aliphatic heterocycles. The third-order valence-corrected chi connectivity index (χ3v) is 5.96. The Morgan fingerprint density at radius 1 is 1.34 bits per heavy atom. The molecule has 0 amide bonds. The first-order chi connectivity index (χ1) is 14.2.